The molecule has 0 heterocycles. The molecule has 2 heteroatoms. The molecule has 0 aliphatic carbocycles. The number of aliphatic hydroxyl groups is 2. The van der Waals surface area contributed by atoms with Crippen molar-refractivity contribution < 1.29 is 10.2 Å². The van der Waals surface area contributed by atoms with Crippen molar-refractivity contribution in [1.82, 2.24) is 0 Å². The Hall–Kier alpha value is -0.860. The van der Waals surface area contributed by atoms with Crippen molar-refractivity contribution in [2.45, 2.75) is 39.4 Å². The van der Waals surface area contributed by atoms with Crippen molar-refractivity contribution in [3.63, 3.8) is 0 Å². The van der Waals surface area contributed by atoms with Gasteiger partial charge in [0.25, 0.3) is 0 Å². The van der Waals surface area contributed by atoms with E-state index in [1.54, 1.807) is 13.8 Å². The predicted octanol–water partition coefficient (Wildman–Crippen LogP) is 2.11. The van der Waals surface area contributed by atoms with Gasteiger partial charge in [-0.1, -0.05) is 23.8 Å². The number of aliphatic hydroxyl groups excluding tert-OH is 1. The van der Waals surface area contributed by atoms with E-state index >= 15 is 0 Å². The van der Waals surface area contributed by atoms with Crippen LogP contribution in [-0.2, 0) is 0 Å². The highest BCUT2D eigenvalue weighted by Gasteiger charge is 2.27. The van der Waals surface area contributed by atoms with Crippen LogP contribution in [0.15, 0.2) is 18.2 Å². The molecule has 1 aromatic carbocycles. The van der Waals surface area contributed by atoms with Gasteiger partial charge in [0.2, 0.25) is 0 Å². The summed E-state index contributed by atoms with van der Waals surface area (Å²) < 4.78 is 0. The van der Waals surface area contributed by atoms with Crippen molar-refractivity contribution in [2.24, 2.45) is 0 Å². The van der Waals surface area contributed by atoms with Gasteiger partial charge in [-0.15, -0.1) is 0 Å². The molecule has 0 saturated heterocycles. The third-order valence-electron chi connectivity index (χ3n) is 2.40. The Morgan fingerprint density at radius 2 is 1.79 bits per heavy atom. The van der Waals surface area contributed by atoms with Crippen LogP contribution >= 0.6 is 0 Å². The molecule has 0 aromatic heterocycles. The summed E-state index contributed by atoms with van der Waals surface area (Å²) in [5, 5.41) is 19.6. The quantitative estimate of drug-likeness (QED) is 0.757. The van der Waals surface area contributed by atoms with E-state index in [4.69, 9.17) is 0 Å². The van der Waals surface area contributed by atoms with Crippen molar-refractivity contribution in [3.8, 4) is 0 Å². The molecule has 0 radical (unpaired) electrons. The lowest BCUT2D eigenvalue weighted by Gasteiger charge is -2.26. The maximum atomic E-state index is 9.91. The molecule has 0 saturated carbocycles. The van der Waals surface area contributed by atoms with E-state index in [-0.39, 0.29) is 0 Å². The molecular weight excluding hydrogens is 176 g/mol. The topological polar surface area (TPSA) is 40.5 Å². The number of aryl methyl sites for hydroxylation is 2. The highest BCUT2D eigenvalue weighted by Crippen LogP contribution is 2.28. The van der Waals surface area contributed by atoms with Gasteiger partial charge in [-0.3, -0.25) is 0 Å². The van der Waals surface area contributed by atoms with Gasteiger partial charge < -0.3 is 10.2 Å². The Labute approximate surface area is 85.2 Å². The first-order valence-corrected chi connectivity index (χ1v) is 4.80. The number of hydrogen-bond donors (Lipinski definition) is 2. The highest BCUT2D eigenvalue weighted by atomic mass is 16.3. The monoisotopic (exact) mass is 194 g/mol. The number of hydrogen-bond acceptors (Lipinski definition) is 2. The number of benzene rings is 1. The van der Waals surface area contributed by atoms with Crippen LogP contribution in [0, 0.1) is 13.8 Å². The smallest absolute Gasteiger partial charge is 0.107 e. The summed E-state index contributed by atoms with van der Waals surface area (Å²) in [4.78, 5) is 0. The zero-order chi connectivity index (χ0) is 10.9. The molecule has 0 fully saturated rings. The summed E-state index contributed by atoms with van der Waals surface area (Å²) in [6.45, 7) is 7.13. The van der Waals surface area contributed by atoms with Gasteiger partial charge in [0.1, 0.15) is 6.10 Å². The standard InChI is InChI=1S/C12H18O2/c1-8-5-6-9(2)10(7-8)11(13)12(3,4)14/h5-7,11,13-14H,1-4H3. The minimum atomic E-state index is -1.10. The fourth-order valence-corrected chi connectivity index (χ4v) is 1.44. The van der Waals surface area contributed by atoms with Crippen molar-refractivity contribution in [3.05, 3.63) is 34.9 Å². The summed E-state index contributed by atoms with van der Waals surface area (Å²) in [7, 11) is 0. The van der Waals surface area contributed by atoms with Crippen LogP contribution in [0.25, 0.3) is 0 Å². The molecule has 14 heavy (non-hydrogen) atoms. The van der Waals surface area contributed by atoms with Crippen LogP contribution in [-0.4, -0.2) is 15.8 Å². The predicted molar refractivity (Wildman–Crippen MR) is 57.2 cm³/mol. The molecule has 1 unspecified atom stereocenters. The van der Waals surface area contributed by atoms with Gasteiger partial charge >= 0.3 is 0 Å². The second kappa shape index (κ2) is 3.71. The van der Waals surface area contributed by atoms with Crippen LogP contribution in [0.3, 0.4) is 0 Å². The fourth-order valence-electron chi connectivity index (χ4n) is 1.44. The van der Waals surface area contributed by atoms with Crippen LogP contribution in [0.1, 0.15) is 36.6 Å². The average molecular weight is 194 g/mol. The van der Waals surface area contributed by atoms with Gasteiger partial charge in [-0.2, -0.15) is 0 Å². The Morgan fingerprint density at radius 1 is 1.21 bits per heavy atom. The van der Waals surface area contributed by atoms with Crippen LogP contribution in [0.4, 0.5) is 0 Å². The summed E-state index contributed by atoms with van der Waals surface area (Å²) in [5.41, 5.74) is 1.80. The second-order valence-electron chi connectivity index (χ2n) is 4.42. The molecule has 1 rings (SSSR count). The number of rotatable bonds is 2. The first-order chi connectivity index (χ1) is 6.32. The van der Waals surface area contributed by atoms with Crippen LogP contribution in [0.2, 0.25) is 0 Å². The van der Waals surface area contributed by atoms with E-state index in [1.807, 2.05) is 32.0 Å². The third-order valence-corrected chi connectivity index (χ3v) is 2.40. The van der Waals surface area contributed by atoms with Gasteiger partial charge in [0, 0.05) is 0 Å². The SMILES string of the molecule is Cc1ccc(C)c(C(O)C(C)(C)O)c1. The lowest BCUT2D eigenvalue weighted by Crippen LogP contribution is -2.29. The van der Waals surface area contributed by atoms with Crippen LogP contribution in [0.5, 0.6) is 0 Å². The molecular formula is C12H18O2. The first kappa shape index (κ1) is 11.2. The minimum Gasteiger partial charge on any atom is -0.387 e. The summed E-state index contributed by atoms with van der Waals surface area (Å²) >= 11 is 0. The molecule has 2 nitrogen and oxygen atoms in total. The molecule has 0 bridgehead atoms. The maximum absolute atomic E-state index is 9.91. The lowest BCUT2D eigenvalue weighted by atomic mass is 9.91. The molecule has 0 amide bonds. The van der Waals surface area contributed by atoms with Gasteiger partial charge in [0.05, 0.1) is 5.60 Å². The van der Waals surface area contributed by atoms with Crippen molar-refractivity contribution in [2.75, 3.05) is 0 Å². The summed E-state index contributed by atoms with van der Waals surface area (Å²) in [5.74, 6) is 0. The average Bonchev–Trinajstić information content (AvgIpc) is 2.06. The summed E-state index contributed by atoms with van der Waals surface area (Å²) in [6, 6.07) is 5.87. The molecule has 1 aromatic rings. The highest BCUT2D eigenvalue weighted by molar-refractivity contribution is 5.33. The molecule has 2 N–H and O–H groups in total. The lowest BCUT2D eigenvalue weighted by molar-refractivity contribution is -0.0500. The van der Waals surface area contributed by atoms with Crippen molar-refractivity contribution in [1.29, 1.82) is 0 Å². The van der Waals surface area contributed by atoms with E-state index < -0.39 is 11.7 Å². The van der Waals surface area contributed by atoms with E-state index in [0.29, 0.717) is 0 Å². The maximum Gasteiger partial charge on any atom is 0.107 e. The van der Waals surface area contributed by atoms with E-state index in [1.165, 1.54) is 0 Å². The summed E-state index contributed by atoms with van der Waals surface area (Å²) in [6.07, 6.45) is -0.831. The molecule has 78 valence electrons. The van der Waals surface area contributed by atoms with E-state index in [9.17, 15) is 10.2 Å². The Balaban J connectivity index is 3.12. The Morgan fingerprint density at radius 3 is 2.29 bits per heavy atom. The largest absolute Gasteiger partial charge is 0.387 e. The Bertz CT molecular complexity index is 324. The second-order valence-corrected chi connectivity index (χ2v) is 4.42. The first-order valence-electron chi connectivity index (χ1n) is 4.80. The van der Waals surface area contributed by atoms with Gasteiger partial charge in [-0.25, -0.2) is 0 Å². The fraction of sp³-hybridized carbons (Fsp3) is 0.500. The van der Waals surface area contributed by atoms with Crippen LogP contribution < -0.4 is 0 Å². The molecule has 0 aliphatic heterocycles. The third kappa shape index (κ3) is 2.34. The zero-order valence-electron chi connectivity index (χ0n) is 9.20. The molecule has 0 spiro atoms. The normalized spacial score (nSPS) is 14.1. The van der Waals surface area contributed by atoms with E-state index in [0.717, 1.165) is 16.7 Å². The van der Waals surface area contributed by atoms with E-state index in [2.05, 4.69) is 0 Å². The molecule has 1 atom stereocenters. The minimum absolute atomic E-state index is 0.803. The van der Waals surface area contributed by atoms with Gasteiger partial charge in [0.15, 0.2) is 0 Å². The Kier molecular flexibility index (Phi) is 2.98. The molecule has 0 aliphatic rings. The van der Waals surface area contributed by atoms with Crippen molar-refractivity contribution >= 4 is 0 Å². The zero-order valence-corrected chi connectivity index (χ0v) is 9.20. The van der Waals surface area contributed by atoms with Gasteiger partial charge in [-0.05, 0) is 38.8 Å².